The van der Waals surface area contributed by atoms with Crippen LogP contribution in [0.1, 0.15) is 18.4 Å². The van der Waals surface area contributed by atoms with Gasteiger partial charge in [0.1, 0.15) is 0 Å². The van der Waals surface area contributed by atoms with Crippen molar-refractivity contribution in [2.45, 2.75) is 19.4 Å². The predicted octanol–water partition coefficient (Wildman–Crippen LogP) is 1.49. The van der Waals surface area contributed by atoms with Gasteiger partial charge in [0.15, 0.2) is 0 Å². The van der Waals surface area contributed by atoms with Crippen LogP contribution in [-0.4, -0.2) is 66.4 Å². The smallest absolute Gasteiger partial charge is 0.222 e. The monoisotopic (exact) mass is 293 g/mol. The Balaban J connectivity index is 1.37. The Hall–Kier alpha value is -0.910. The van der Waals surface area contributed by atoms with Crippen LogP contribution in [0.2, 0.25) is 0 Å². The van der Waals surface area contributed by atoms with Gasteiger partial charge < -0.3 is 4.90 Å². The number of hydrogen-bond acceptors (Lipinski definition) is 4. The summed E-state index contributed by atoms with van der Waals surface area (Å²) in [6, 6.07) is 2.22. The van der Waals surface area contributed by atoms with Gasteiger partial charge in [-0.25, -0.2) is 0 Å². The van der Waals surface area contributed by atoms with E-state index >= 15 is 0 Å². The maximum atomic E-state index is 11.6. The molecular formula is C15H23N3OS. The predicted molar refractivity (Wildman–Crippen MR) is 81.9 cm³/mol. The molecule has 110 valence electrons. The van der Waals surface area contributed by atoms with Gasteiger partial charge in [0.05, 0.1) is 0 Å². The summed E-state index contributed by atoms with van der Waals surface area (Å²) in [6.07, 6.45) is 1.81. The highest BCUT2D eigenvalue weighted by atomic mass is 32.1. The normalized spacial score (nSPS) is 21.8. The van der Waals surface area contributed by atoms with E-state index in [-0.39, 0.29) is 0 Å². The molecule has 2 fully saturated rings. The number of likely N-dealkylation sites (tertiary alicyclic amines) is 1. The lowest BCUT2D eigenvalue weighted by atomic mass is 10.2. The number of carbonyl (C=O) groups is 1. The first-order valence-electron chi connectivity index (χ1n) is 7.55. The van der Waals surface area contributed by atoms with E-state index in [4.69, 9.17) is 0 Å². The zero-order valence-corrected chi connectivity index (χ0v) is 12.8. The number of piperazine rings is 1. The Bertz CT molecular complexity index is 426. The maximum absolute atomic E-state index is 11.6. The van der Waals surface area contributed by atoms with E-state index in [1.165, 1.54) is 5.56 Å². The fourth-order valence-corrected chi connectivity index (χ4v) is 3.67. The summed E-state index contributed by atoms with van der Waals surface area (Å²) in [4.78, 5) is 18.6. The molecule has 5 heteroatoms. The summed E-state index contributed by atoms with van der Waals surface area (Å²) in [6.45, 7) is 8.56. The molecule has 3 rings (SSSR count). The Morgan fingerprint density at radius 3 is 2.50 bits per heavy atom. The molecule has 3 heterocycles. The quantitative estimate of drug-likeness (QED) is 0.823. The van der Waals surface area contributed by atoms with E-state index in [1.807, 2.05) is 4.90 Å². The molecule has 0 aromatic carbocycles. The van der Waals surface area contributed by atoms with Crippen molar-refractivity contribution in [3.63, 3.8) is 0 Å². The molecular weight excluding hydrogens is 270 g/mol. The number of amides is 1. The fraction of sp³-hybridized carbons (Fsp3) is 0.667. The van der Waals surface area contributed by atoms with Gasteiger partial charge >= 0.3 is 0 Å². The van der Waals surface area contributed by atoms with Crippen LogP contribution in [0.25, 0.3) is 0 Å². The second kappa shape index (κ2) is 6.70. The molecule has 0 N–H and O–H groups in total. The topological polar surface area (TPSA) is 26.8 Å². The first-order chi connectivity index (χ1) is 9.81. The fourth-order valence-electron chi connectivity index (χ4n) is 3.01. The van der Waals surface area contributed by atoms with Crippen molar-refractivity contribution in [3.05, 3.63) is 22.4 Å². The molecule has 20 heavy (non-hydrogen) atoms. The van der Waals surface area contributed by atoms with Crippen molar-refractivity contribution in [1.82, 2.24) is 14.7 Å². The molecule has 0 aliphatic carbocycles. The molecule has 0 saturated carbocycles. The van der Waals surface area contributed by atoms with E-state index in [2.05, 4.69) is 26.6 Å². The summed E-state index contributed by atoms with van der Waals surface area (Å²) in [5.74, 6) is 0.348. The van der Waals surface area contributed by atoms with Crippen molar-refractivity contribution in [2.75, 3.05) is 45.8 Å². The third kappa shape index (κ3) is 3.59. The average molecular weight is 293 g/mol. The van der Waals surface area contributed by atoms with Gasteiger partial charge in [0, 0.05) is 58.8 Å². The molecule has 0 radical (unpaired) electrons. The van der Waals surface area contributed by atoms with Crippen molar-refractivity contribution in [1.29, 1.82) is 0 Å². The van der Waals surface area contributed by atoms with E-state index in [0.29, 0.717) is 5.91 Å². The summed E-state index contributed by atoms with van der Waals surface area (Å²) >= 11 is 1.78. The molecule has 1 aromatic rings. The van der Waals surface area contributed by atoms with Gasteiger partial charge in [-0.05, 0) is 28.8 Å². The first kappa shape index (κ1) is 14.0. The summed E-state index contributed by atoms with van der Waals surface area (Å²) in [7, 11) is 0. The highest BCUT2D eigenvalue weighted by Crippen LogP contribution is 2.12. The number of carbonyl (C=O) groups excluding carboxylic acids is 1. The van der Waals surface area contributed by atoms with Gasteiger partial charge in [0.25, 0.3) is 0 Å². The average Bonchev–Trinajstić information content (AvgIpc) is 3.10. The molecule has 2 saturated heterocycles. The zero-order chi connectivity index (χ0) is 13.8. The van der Waals surface area contributed by atoms with Crippen LogP contribution in [0.15, 0.2) is 16.8 Å². The van der Waals surface area contributed by atoms with E-state index < -0.39 is 0 Å². The number of rotatable bonds is 5. The van der Waals surface area contributed by atoms with Crippen LogP contribution in [0.5, 0.6) is 0 Å². The second-order valence-corrected chi connectivity index (χ2v) is 6.51. The molecule has 1 amide bonds. The minimum atomic E-state index is 0.348. The van der Waals surface area contributed by atoms with Gasteiger partial charge in [-0.15, -0.1) is 0 Å². The van der Waals surface area contributed by atoms with Gasteiger partial charge in [-0.1, -0.05) is 0 Å². The maximum Gasteiger partial charge on any atom is 0.222 e. The standard InChI is InChI=1S/C15H23N3OS/c19-15-2-1-4-18(15)10-9-16-5-7-17(8-6-16)12-14-3-11-20-13-14/h3,11,13H,1-2,4-10,12H2. The zero-order valence-electron chi connectivity index (χ0n) is 12.0. The lowest BCUT2D eigenvalue weighted by Gasteiger charge is -2.35. The molecule has 0 atom stereocenters. The molecule has 2 aliphatic rings. The minimum absolute atomic E-state index is 0.348. The van der Waals surface area contributed by atoms with Crippen LogP contribution >= 0.6 is 11.3 Å². The van der Waals surface area contributed by atoms with Gasteiger partial charge in [0.2, 0.25) is 5.91 Å². The van der Waals surface area contributed by atoms with E-state index in [1.54, 1.807) is 11.3 Å². The van der Waals surface area contributed by atoms with Gasteiger partial charge in [-0.3, -0.25) is 14.6 Å². The largest absolute Gasteiger partial charge is 0.341 e. The lowest BCUT2D eigenvalue weighted by molar-refractivity contribution is -0.127. The number of thiophene rings is 1. The highest BCUT2D eigenvalue weighted by molar-refractivity contribution is 7.07. The first-order valence-corrected chi connectivity index (χ1v) is 8.49. The Labute approximate surface area is 125 Å². The molecule has 0 bridgehead atoms. The van der Waals surface area contributed by atoms with Crippen LogP contribution in [0.4, 0.5) is 0 Å². The SMILES string of the molecule is O=C1CCCN1CCN1CCN(Cc2ccsc2)CC1. The molecule has 2 aliphatic heterocycles. The highest BCUT2D eigenvalue weighted by Gasteiger charge is 2.22. The molecule has 1 aromatic heterocycles. The minimum Gasteiger partial charge on any atom is -0.341 e. The van der Waals surface area contributed by atoms with E-state index in [9.17, 15) is 4.79 Å². The van der Waals surface area contributed by atoms with Crippen molar-refractivity contribution in [2.24, 2.45) is 0 Å². The van der Waals surface area contributed by atoms with Crippen LogP contribution in [-0.2, 0) is 11.3 Å². The van der Waals surface area contributed by atoms with Crippen LogP contribution < -0.4 is 0 Å². The third-order valence-electron chi connectivity index (χ3n) is 4.31. The Morgan fingerprint density at radius 1 is 1.05 bits per heavy atom. The molecule has 0 unspecified atom stereocenters. The summed E-state index contributed by atoms with van der Waals surface area (Å²) in [5, 5.41) is 4.39. The molecule has 0 spiro atoms. The Morgan fingerprint density at radius 2 is 1.85 bits per heavy atom. The van der Waals surface area contributed by atoms with Crippen molar-refractivity contribution < 1.29 is 4.79 Å². The van der Waals surface area contributed by atoms with Crippen LogP contribution in [0.3, 0.4) is 0 Å². The van der Waals surface area contributed by atoms with Crippen molar-refractivity contribution in [3.8, 4) is 0 Å². The molecule has 4 nitrogen and oxygen atoms in total. The van der Waals surface area contributed by atoms with E-state index in [0.717, 1.165) is 65.2 Å². The van der Waals surface area contributed by atoms with Gasteiger partial charge in [-0.2, -0.15) is 11.3 Å². The Kier molecular flexibility index (Phi) is 4.70. The number of nitrogens with zero attached hydrogens (tertiary/aromatic N) is 3. The number of hydrogen-bond donors (Lipinski definition) is 0. The lowest BCUT2D eigenvalue weighted by Crippen LogP contribution is -2.48. The van der Waals surface area contributed by atoms with Crippen LogP contribution in [0, 0.1) is 0 Å². The van der Waals surface area contributed by atoms with Crippen molar-refractivity contribution >= 4 is 17.2 Å². The second-order valence-electron chi connectivity index (χ2n) is 5.73. The summed E-state index contributed by atoms with van der Waals surface area (Å²) in [5.41, 5.74) is 1.44. The summed E-state index contributed by atoms with van der Waals surface area (Å²) < 4.78 is 0. The third-order valence-corrected chi connectivity index (χ3v) is 5.04.